The van der Waals surface area contributed by atoms with Crippen LogP contribution in [0.3, 0.4) is 0 Å². The number of ether oxygens (including phenoxy) is 1. The third-order valence-electron chi connectivity index (χ3n) is 3.23. The van der Waals surface area contributed by atoms with Gasteiger partial charge in [-0.2, -0.15) is 0 Å². The molecule has 0 saturated heterocycles. The molecule has 102 valence electrons. The minimum atomic E-state index is 0.319. The van der Waals surface area contributed by atoms with Gasteiger partial charge in [-0.25, -0.2) is 0 Å². The zero-order chi connectivity index (χ0) is 13.4. The Morgan fingerprint density at radius 1 is 1.22 bits per heavy atom. The number of nitrogens with two attached hydrogens (primary N) is 1. The molecule has 0 aliphatic carbocycles. The number of para-hydroxylation sites is 1. The standard InChI is InChI=1S/C15H26N2O/c1-12(2)7-6-9-14(17-16)11-13-8-4-5-10-15(13)18-3/h4-5,8,10,12,14,17H,6-7,9,11,16H2,1-3H3. The third kappa shape index (κ3) is 5.07. The number of methoxy groups -OCH3 is 1. The van der Waals surface area contributed by atoms with Crippen LogP contribution >= 0.6 is 0 Å². The molecule has 0 bridgehead atoms. The van der Waals surface area contributed by atoms with E-state index >= 15 is 0 Å². The van der Waals surface area contributed by atoms with Crippen LogP contribution in [0.15, 0.2) is 24.3 Å². The van der Waals surface area contributed by atoms with E-state index in [0.29, 0.717) is 6.04 Å². The van der Waals surface area contributed by atoms with Gasteiger partial charge in [0.1, 0.15) is 5.75 Å². The Hall–Kier alpha value is -1.06. The summed E-state index contributed by atoms with van der Waals surface area (Å²) in [6, 6.07) is 8.45. The molecule has 0 saturated carbocycles. The summed E-state index contributed by atoms with van der Waals surface area (Å²) in [4.78, 5) is 0. The minimum absolute atomic E-state index is 0.319. The fourth-order valence-electron chi connectivity index (χ4n) is 2.15. The zero-order valence-electron chi connectivity index (χ0n) is 11.8. The second kappa shape index (κ2) is 8.11. The van der Waals surface area contributed by atoms with Crippen LogP contribution in [0.25, 0.3) is 0 Å². The van der Waals surface area contributed by atoms with Crippen molar-refractivity contribution >= 4 is 0 Å². The van der Waals surface area contributed by atoms with Crippen LogP contribution in [0.5, 0.6) is 5.75 Å². The quantitative estimate of drug-likeness (QED) is 0.551. The zero-order valence-corrected chi connectivity index (χ0v) is 11.8. The van der Waals surface area contributed by atoms with Crippen molar-refractivity contribution < 1.29 is 4.74 Å². The van der Waals surface area contributed by atoms with Crippen LogP contribution in [0, 0.1) is 5.92 Å². The maximum Gasteiger partial charge on any atom is 0.122 e. The lowest BCUT2D eigenvalue weighted by molar-refractivity contribution is 0.398. The molecule has 0 radical (unpaired) electrons. The van der Waals surface area contributed by atoms with Crippen LogP contribution < -0.4 is 16.0 Å². The average molecular weight is 250 g/mol. The highest BCUT2D eigenvalue weighted by Gasteiger charge is 2.11. The Kier molecular flexibility index (Phi) is 6.76. The second-order valence-electron chi connectivity index (χ2n) is 5.20. The molecular formula is C15H26N2O. The van der Waals surface area contributed by atoms with Gasteiger partial charge in [0.25, 0.3) is 0 Å². The average Bonchev–Trinajstić information content (AvgIpc) is 2.37. The summed E-state index contributed by atoms with van der Waals surface area (Å²) in [6.07, 6.45) is 4.48. The number of hydrazine groups is 1. The van der Waals surface area contributed by atoms with Crippen molar-refractivity contribution in [3.05, 3.63) is 29.8 Å². The number of hydrogen-bond acceptors (Lipinski definition) is 3. The van der Waals surface area contributed by atoms with Gasteiger partial charge in [0.2, 0.25) is 0 Å². The highest BCUT2D eigenvalue weighted by atomic mass is 16.5. The smallest absolute Gasteiger partial charge is 0.122 e. The van der Waals surface area contributed by atoms with E-state index in [2.05, 4.69) is 25.3 Å². The van der Waals surface area contributed by atoms with E-state index in [1.165, 1.54) is 18.4 Å². The number of rotatable bonds is 8. The van der Waals surface area contributed by atoms with E-state index < -0.39 is 0 Å². The molecule has 1 aromatic carbocycles. The SMILES string of the molecule is COc1ccccc1CC(CCCC(C)C)NN. The Labute approximate surface area is 111 Å². The topological polar surface area (TPSA) is 47.3 Å². The molecule has 0 fully saturated rings. The Balaban J connectivity index is 2.51. The first kappa shape index (κ1) is 15.0. The van der Waals surface area contributed by atoms with Crippen molar-refractivity contribution in [3.8, 4) is 5.75 Å². The van der Waals surface area contributed by atoms with Gasteiger partial charge in [-0.1, -0.05) is 44.9 Å². The van der Waals surface area contributed by atoms with E-state index in [1.54, 1.807) is 7.11 Å². The molecule has 0 aliphatic heterocycles. The molecule has 1 rings (SSSR count). The minimum Gasteiger partial charge on any atom is -0.496 e. The summed E-state index contributed by atoms with van der Waals surface area (Å²) in [5, 5.41) is 0. The van der Waals surface area contributed by atoms with Crippen molar-refractivity contribution in [1.82, 2.24) is 5.43 Å². The molecule has 0 aromatic heterocycles. The summed E-state index contributed by atoms with van der Waals surface area (Å²) in [5.74, 6) is 7.34. The van der Waals surface area contributed by atoms with E-state index in [-0.39, 0.29) is 0 Å². The summed E-state index contributed by atoms with van der Waals surface area (Å²) in [5.41, 5.74) is 4.14. The normalized spacial score (nSPS) is 12.7. The van der Waals surface area contributed by atoms with Crippen LogP contribution in [0.4, 0.5) is 0 Å². The third-order valence-corrected chi connectivity index (χ3v) is 3.23. The summed E-state index contributed by atoms with van der Waals surface area (Å²) in [7, 11) is 1.71. The Bertz CT molecular complexity index is 339. The molecule has 18 heavy (non-hydrogen) atoms. The molecule has 1 unspecified atom stereocenters. The van der Waals surface area contributed by atoms with Crippen LogP contribution in [-0.4, -0.2) is 13.2 Å². The van der Waals surface area contributed by atoms with Crippen LogP contribution in [0.2, 0.25) is 0 Å². The fourth-order valence-corrected chi connectivity index (χ4v) is 2.15. The van der Waals surface area contributed by atoms with Gasteiger partial charge in [0, 0.05) is 6.04 Å². The van der Waals surface area contributed by atoms with Gasteiger partial charge in [-0.05, 0) is 30.4 Å². The molecule has 0 aliphatic rings. The predicted molar refractivity (Wildman–Crippen MR) is 76.5 cm³/mol. The van der Waals surface area contributed by atoms with Crippen molar-refractivity contribution in [2.75, 3.05) is 7.11 Å². The Morgan fingerprint density at radius 3 is 2.56 bits per heavy atom. The summed E-state index contributed by atoms with van der Waals surface area (Å²) >= 11 is 0. The molecule has 0 amide bonds. The number of benzene rings is 1. The molecule has 3 heteroatoms. The van der Waals surface area contributed by atoms with Gasteiger partial charge in [0.15, 0.2) is 0 Å². The first-order valence-electron chi connectivity index (χ1n) is 6.75. The lowest BCUT2D eigenvalue weighted by Crippen LogP contribution is -2.36. The van der Waals surface area contributed by atoms with E-state index in [4.69, 9.17) is 10.6 Å². The van der Waals surface area contributed by atoms with Crippen molar-refractivity contribution in [3.63, 3.8) is 0 Å². The van der Waals surface area contributed by atoms with Crippen molar-refractivity contribution in [2.45, 2.75) is 45.6 Å². The van der Waals surface area contributed by atoms with Crippen LogP contribution in [-0.2, 0) is 6.42 Å². The van der Waals surface area contributed by atoms with E-state index in [9.17, 15) is 0 Å². The van der Waals surface area contributed by atoms with Gasteiger partial charge in [-0.15, -0.1) is 0 Å². The fraction of sp³-hybridized carbons (Fsp3) is 0.600. The molecule has 1 atom stereocenters. The highest BCUT2D eigenvalue weighted by Crippen LogP contribution is 2.20. The lowest BCUT2D eigenvalue weighted by Gasteiger charge is -2.18. The predicted octanol–water partition coefficient (Wildman–Crippen LogP) is 2.90. The maximum absolute atomic E-state index is 5.64. The van der Waals surface area contributed by atoms with Crippen molar-refractivity contribution in [2.24, 2.45) is 11.8 Å². The largest absolute Gasteiger partial charge is 0.496 e. The molecule has 0 heterocycles. The van der Waals surface area contributed by atoms with Crippen molar-refractivity contribution in [1.29, 1.82) is 0 Å². The lowest BCUT2D eigenvalue weighted by atomic mass is 9.98. The molecule has 3 N–H and O–H groups in total. The van der Waals surface area contributed by atoms with E-state index in [1.807, 2.05) is 18.2 Å². The summed E-state index contributed by atoms with van der Waals surface area (Å²) < 4.78 is 5.36. The van der Waals surface area contributed by atoms with Gasteiger partial charge >= 0.3 is 0 Å². The second-order valence-corrected chi connectivity index (χ2v) is 5.20. The monoisotopic (exact) mass is 250 g/mol. The number of hydrogen-bond donors (Lipinski definition) is 2. The van der Waals surface area contributed by atoms with Gasteiger partial charge in [-0.3, -0.25) is 11.3 Å². The highest BCUT2D eigenvalue weighted by molar-refractivity contribution is 5.33. The first-order chi connectivity index (χ1) is 8.67. The van der Waals surface area contributed by atoms with E-state index in [0.717, 1.165) is 24.5 Å². The molecule has 1 aromatic rings. The van der Waals surface area contributed by atoms with Gasteiger partial charge in [0.05, 0.1) is 7.11 Å². The molecule has 3 nitrogen and oxygen atoms in total. The Morgan fingerprint density at radius 2 is 1.94 bits per heavy atom. The molecule has 0 spiro atoms. The maximum atomic E-state index is 5.64. The summed E-state index contributed by atoms with van der Waals surface area (Å²) in [6.45, 7) is 4.51. The number of nitrogens with one attached hydrogen (secondary N) is 1. The first-order valence-corrected chi connectivity index (χ1v) is 6.75. The van der Waals surface area contributed by atoms with Crippen LogP contribution in [0.1, 0.15) is 38.7 Å². The molecular weight excluding hydrogens is 224 g/mol. The van der Waals surface area contributed by atoms with Gasteiger partial charge < -0.3 is 4.74 Å².